The highest BCUT2D eigenvalue weighted by Crippen LogP contribution is 2.20. The van der Waals surface area contributed by atoms with Gasteiger partial charge in [-0.3, -0.25) is 9.59 Å². The molecule has 3 unspecified atom stereocenters. The second kappa shape index (κ2) is 20.2. The van der Waals surface area contributed by atoms with Gasteiger partial charge in [0.15, 0.2) is 6.29 Å². The van der Waals surface area contributed by atoms with E-state index in [0.29, 0.717) is 19.6 Å². The average Bonchev–Trinajstić information content (AvgIpc) is 2.81. The molecule has 0 radical (unpaired) electrons. The molecule has 7 heteroatoms. The molecule has 1 aliphatic heterocycles. The van der Waals surface area contributed by atoms with Crippen LogP contribution in [0.4, 0.5) is 0 Å². The number of carbonyl (C=O) groups excluding carboxylic acids is 2. The van der Waals surface area contributed by atoms with Crippen LogP contribution in [-0.4, -0.2) is 56.7 Å². The van der Waals surface area contributed by atoms with E-state index in [0.717, 1.165) is 83.8 Å². The van der Waals surface area contributed by atoms with Gasteiger partial charge < -0.3 is 24.3 Å². The molecule has 0 aromatic rings. The molecule has 0 bridgehead atoms. The van der Waals surface area contributed by atoms with Crippen LogP contribution in [0, 0.1) is 0 Å². The summed E-state index contributed by atoms with van der Waals surface area (Å²) in [4.78, 5) is 23.8. The lowest BCUT2D eigenvalue weighted by Gasteiger charge is -2.28. The van der Waals surface area contributed by atoms with Gasteiger partial charge in [0.2, 0.25) is 0 Å². The molecule has 0 aliphatic carbocycles. The number of ether oxygens (including phenoxy) is 4. The minimum atomic E-state index is -0.294. The fraction of sp³-hybridized carbons (Fsp3) is 0.923. The van der Waals surface area contributed by atoms with E-state index in [2.05, 4.69) is 12.2 Å². The minimum absolute atomic E-state index is 0.0826. The maximum Gasteiger partial charge on any atom is 0.323 e. The number of unbranched alkanes of at least 4 members (excludes halogenated alkanes) is 5. The number of hydrogen-bond donors (Lipinski definition) is 1. The largest absolute Gasteiger partial charge is 0.466 e. The van der Waals surface area contributed by atoms with Crippen LogP contribution in [0.25, 0.3) is 0 Å². The molecule has 33 heavy (non-hydrogen) atoms. The Morgan fingerprint density at radius 1 is 0.909 bits per heavy atom. The van der Waals surface area contributed by atoms with Crippen LogP contribution in [0.1, 0.15) is 111 Å². The van der Waals surface area contributed by atoms with Gasteiger partial charge in [-0.05, 0) is 65.3 Å². The first-order chi connectivity index (χ1) is 16.1. The third-order valence-corrected chi connectivity index (χ3v) is 5.97. The van der Waals surface area contributed by atoms with Gasteiger partial charge in [0.05, 0.1) is 19.3 Å². The van der Waals surface area contributed by atoms with Gasteiger partial charge in [-0.2, -0.15) is 0 Å². The van der Waals surface area contributed by atoms with Crippen molar-refractivity contribution in [1.82, 2.24) is 5.32 Å². The Hall–Kier alpha value is -1.18. The highest BCUT2D eigenvalue weighted by molar-refractivity contribution is 5.75. The first-order valence-corrected chi connectivity index (χ1v) is 13.4. The van der Waals surface area contributed by atoms with Crippen LogP contribution < -0.4 is 5.32 Å². The fourth-order valence-corrected chi connectivity index (χ4v) is 4.10. The number of hydrogen-bond acceptors (Lipinski definition) is 7. The Balaban J connectivity index is 2.39. The van der Waals surface area contributed by atoms with E-state index in [-0.39, 0.29) is 30.4 Å². The summed E-state index contributed by atoms with van der Waals surface area (Å²) in [5.41, 5.74) is 0. The Labute approximate surface area is 201 Å². The van der Waals surface area contributed by atoms with Crippen molar-refractivity contribution in [1.29, 1.82) is 0 Å². The highest BCUT2D eigenvalue weighted by Gasteiger charge is 2.22. The molecule has 1 heterocycles. The number of nitrogens with one attached hydrogen (secondary N) is 1. The van der Waals surface area contributed by atoms with Crippen molar-refractivity contribution >= 4 is 11.9 Å². The summed E-state index contributed by atoms with van der Waals surface area (Å²) >= 11 is 0. The van der Waals surface area contributed by atoms with E-state index in [1.165, 1.54) is 12.8 Å². The maximum atomic E-state index is 12.4. The fourth-order valence-electron chi connectivity index (χ4n) is 4.10. The van der Waals surface area contributed by atoms with Crippen LogP contribution >= 0.6 is 0 Å². The normalized spacial score (nSPS) is 18.0. The SMILES string of the molecule is CCCCCC(CCNC(CCCCCCC(=O)OCC)C(=O)OCC)OC1CCCCO1. The molecule has 7 nitrogen and oxygen atoms in total. The molecule has 194 valence electrons. The van der Waals surface area contributed by atoms with Crippen molar-refractivity contribution in [3.63, 3.8) is 0 Å². The zero-order chi connectivity index (χ0) is 24.2. The van der Waals surface area contributed by atoms with Gasteiger partial charge in [0, 0.05) is 13.0 Å². The lowest BCUT2D eigenvalue weighted by molar-refractivity contribution is -0.190. The van der Waals surface area contributed by atoms with Crippen LogP contribution in [0.5, 0.6) is 0 Å². The van der Waals surface area contributed by atoms with Crippen LogP contribution in [0.2, 0.25) is 0 Å². The predicted molar refractivity (Wildman–Crippen MR) is 130 cm³/mol. The van der Waals surface area contributed by atoms with Crippen LogP contribution in [0.3, 0.4) is 0 Å². The minimum Gasteiger partial charge on any atom is -0.466 e. The molecule has 1 N–H and O–H groups in total. The average molecular weight is 472 g/mol. The third kappa shape index (κ3) is 15.4. The van der Waals surface area contributed by atoms with E-state index in [4.69, 9.17) is 18.9 Å². The van der Waals surface area contributed by atoms with Crippen molar-refractivity contribution < 1.29 is 28.5 Å². The first kappa shape index (κ1) is 29.9. The Morgan fingerprint density at radius 2 is 1.67 bits per heavy atom. The van der Waals surface area contributed by atoms with Gasteiger partial charge in [0.1, 0.15) is 6.04 Å². The van der Waals surface area contributed by atoms with Crippen LogP contribution in [-0.2, 0) is 28.5 Å². The topological polar surface area (TPSA) is 83.1 Å². The van der Waals surface area contributed by atoms with Gasteiger partial charge >= 0.3 is 11.9 Å². The lowest BCUT2D eigenvalue weighted by Crippen LogP contribution is -2.40. The molecular formula is C26H49NO6. The Morgan fingerprint density at radius 3 is 2.36 bits per heavy atom. The molecule has 1 fully saturated rings. The molecule has 0 amide bonds. The first-order valence-electron chi connectivity index (χ1n) is 13.4. The Bertz CT molecular complexity index is 495. The number of esters is 2. The van der Waals surface area contributed by atoms with E-state index < -0.39 is 0 Å². The molecular weight excluding hydrogens is 422 g/mol. The standard InChI is InChI=1S/C26H49NO6/c1-4-7-10-15-22(33-25-18-13-14-21-32-25)19-20-27-23(26(29)31-6-3)16-11-8-9-12-17-24(28)30-5-2/h22-23,25,27H,4-21H2,1-3H3. The van der Waals surface area contributed by atoms with Gasteiger partial charge in [-0.1, -0.05) is 45.4 Å². The second-order valence-electron chi connectivity index (χ2n) is 8.86. The molecule has 1 saturated heterocycles. The summed E-state index contributed by atoms with van der Waals surface area (Å²) in [6.45, 7) is 8.20. The quantitative estimate of drug-likeness (QED) is 0.191. The predicted octanol–water partition coefficient (Wildman–Crippen LogP) is 5.29. The zero-order valence-electron chi connectivity index (χ0n) is 21.4. The van der Waals surface area contributed by atoms with Gasteiger partial charge in [-0.25, -0.2) is 0 Å². The van der Waals surface area contributed by atoms with Crippen molar-refractivity contribution in [2.24, 2.45) is 0 Å². The molecule has 1 aliphatic rings. The second-order valence-corrected chi connectivity index (χ2v) is 8.86. The zero-order valence-corrected chi connectivity index (χ0v) is 21.4. The number of rotatable bonds is 20. The van der Waals surface area contributed by atoms with Crippen molar-refractivity contribution in [3.8, 4) is 0 Å². The molecule has 0 saturated carbocycles. The summed E-state index contributed by atoms with van der Waals surface area (Å²) in [5, 5.41) is 3.42. The number of carbonyl (C=O) groups is 2. The monoisotopic (exact) mass is 471 g/mol. The van der Waals surface area contributed by atoms with Gasteiger partial charge in [0.25, 0.3) is 0 Å². The summed E-state index contributed by atoms with van der Waals surface area (Å²) in [7, 11) is 0. The molecule has 0 aromatic carbocycles. The molecule has 0 aromatic heterocycles. The highest BCUT2D eigenvalue weighted by atomic mass is 16.7. The van der Waals surface area contributed by atoms with E-state index in [9.17, 15) is 9.59 Å². The third-order valence-electron chi connectivity index (χ3n) is 5.97. The summed E-state index contributed by atoms with van der Waals surface area (Å²) in [6.07, 6.45) is 13.7. The Kier molecular flexibility index (Phi) is 18.3. The molecule has 0 spiro atoms. The molecule has 1 rings (SSSR count). The molecule has 3 atom stereocenters. The van der Waals surface area contributed by atoms with E-state index in [1.807, 2.05) is 13.8 Å². The van der Waals surface area contributed by atoms with Crippen molar-refractivity contribution in [3.05, 3.63) is 0 Å². The summed E-state index contributed by atoms with van der Waals surface area (Å²) < 4.78 is 22.3. The van der Waals surface area contributed by atoms with E-state index >= 15 is 0 Å². The van der Waals surface area contributed by atoms with Gasteiger partial charge in [-0.15, -0.1) is 0 Å². The maximum absolute atomic E-state index is 12.4. The van der Waals surface area contributed by atoms with E-state index in [1.54, 1.807) is 0 Å². The van der Waals surface area contributed by atoms with Crippen molar-refractivity contribution in [2.45, 2.75) is 129 Å². The summed E-state index contributed by atoms with van der Waals surface area (Å²) in [6, 6.07) is -0.294. The summed E-state index contributed by atoms with van der Waals surface area (Å²) in [5.74, 6) is -0.305. The van der Waals surface area contributed by atoms with Crippen molar-refractivity contribution in [2.75, 3.05) is 26.4 Å². The smallest absolute Gasteiger partial charge is 0.323 e. The van der Waals surface area contributed by atoms with Crippen LogP contribution in [0.15, 0.2) is 0 Å². The lowest BCUT2D eigenvalue weighted by atomic mass is 10.0.